The molecule has 2 aromatic rings. The van der Waals surface area contributed by atoms with Crippen molar-refractivity contribution >= 4 is 27.9 Å². The summed E-state index contributed by atoms with van der Waals surface area (Å²) in [5.41, 5.74) is 1.64. The Morgan fingerprint density at radius 1 is 1.19 bits per heavy atom. The third-order valence-electron chi connectivity index (χ3n) is 3.53. The van der Waals surface area contributed by atoms with E-state index in [0.29, 0.717) is 12.1 Å². The third-order valence-corrected chi connectivity index (χ3v) is 4.06. The van der Waals surface area contributed by atoms with Crippen molar-refractivity contribution in [3.8, 4) is 11.5 Å². The van der Waals surface area contributed by atoms with Gasteiger partial charge in [0.2, 0.25) is 5.91 Å². The van der Waals surface area contributed by atoms with Crippen molar-refractivity contribution in [2.75, 3.05) is 14.2 Å². The van der Waals surface area contributed by atoms with E-state index in [0.717, 1.165) is 10.0 Å². The molecule has 0 aromatic heterocycles. The number of likely N-dealkylation sites (N-methyl/N-ethyl adjacent to an activating group) is 1. The number of carbonyl (C=O) groups is 1. The molecule has 0 fully saturated rings. The predicted octanol–water partition coefficient (Wildman–Crippen LogP) is 4.73. The van der Waals surface area contributed by atoms with Crippen LogP contribution in [0.25, 0.3) is 6.08 Å². The molecule has 0 aliphatic rings. The minimum atomic E-state index is -2.93. The minimum Gasteiger partial charge on any atom is -0.493 e. The van der Waals surface area contributed by atoms with Gasteiger partial charge in [0.25, 0.3) is 0 Å². The Kier molecular flexibility index (Phi) is 7.15. The van der Waals surface area contributed by atoms with Crippen LogP contribution < -0.4 is 9.47 Å². The van der Waals surface area contributed by atoms with Crippen LogP contribution in [0.5, 0.6) is 11.5 Å². The summed E-state index contributed by atoms with van der Waals surface area (Å²) < 4.78 is 35.1. The summed E-state index contributed by atoms with van der Waals surface area (Å²) in [6.45, 7) is -2.46. The molecule has 0 bridgehead atoms. The summed E-state index contributed by atoms with van der Waals surface area (Å²) in [5.74, 6) is -0.0683. The van der Waals surface area contributed by atoms with Crippen molar-refractivity contribution in [1.82, 2.24) is 4.90 Å². The highest BCUT2D eigenvalue weighted by Crippen LogP contribution is 2.29. The largest absolute Gasteiger partial charge is 0.493 e. The van der Waals surface area contributed by atoms with Gasteiger partial charge < -0.3 is 14.4 Å². The lowest BCUT2D eigenvalue weighted by atomic mass is 10.1. The van der Waals surface area contributed by atoms with E-state index < -0.39 is 6.61 Å². The fourth-order valence-electron chi connectivity index (χ4n) is 2.22. The molecule has 0 atom stereocenters. The first-order valence-corrected chi connectivity index (χ1v) is 8.49. The van der Waals surface area contributed by atoms with Gasteiger partial charge in [0.15, 0.2) is 11.5 Å². The molecular weight excluding hydrogens is 408 g/mol. The second-order valence-electron chi connectivity index (χ2n) is 5.44. The number of halogens is 3. The van der Waals surface area contributed by atoms with E-state index in [1.54, 1.807) is 24.1 Å². The first-order chi connectivity index (χ1) is 12.4. The number of nitrogens with zero attached hydrogens (tertiary/aromatic N) is 1. The number of amides is 1. The van der Waals surface area contributed by atoms with Gasteiger partial charge in [-0.1, -0.05) is 34.1 Å². The number of carbonyl (C=O) groups excluding carboxylic acids is 1. The molecule has 0 aliphatic heterocycles. The van der Waals surface area contributed by atoms with E-state index in [9.17, 15) is 13.6 Å². The molecular formula is C19H18BrF2NO3. The summed E-state index contributed by atoms with van der Waals surface area (Å²) in [4.78, 5) is 13.8. The first kappa shape index (κ1) is 19.9. The van der Waals surface area contributed by atoms with Gasteiger partial charge in [0.1, 0.15) is 0 Å². The quantitative estimate of drug-likeness (QED) is 0.601. The molecule has 0 heterocycles. The summed E-state index contributed by atoms with van der Waals surface area (Å²) in [7, 11) is 3.06. The number of methoxy groups -OCH3 is 1. The smallest absolute Gasteiger partial charge is 0.387 e. The standard InChI is InChI=1S/C19H18BrF2NO3/c1-23(12-14-3-7-15(20)8-4-14)18(24)10-6-13-5-9-16(26-19(21)22)17(11-13)25-2/h3-11,19H,12H2,1-2H3/b10-6+. The van der Waals surface area contributed by atoms with E-state index in [1.165, 1.54) is 25.3 Å². The lowest BCUT2D eigenvalue weighted by Crippen LogP contribution is -2.24. The summed E-state index contributed by atoms with van der Waals surface area (Å²) in [6, 6.07) is 12.2. The van der Waals surface area contributed by atoms with Crippen molar-refractivity contribution < 1.29 is 23.0 Å². The van der Waals surface area contributed by atoms with Crippen molar-refractivity contribution in [1.29, 1.82) is 0 Å². The molecule has 0 unspecified atom stereocenters. The maximum absolute atomic E-state index is 12.3. The normalized spacial score (nSPS) is 11.0. The van der Waals surface area contributed by atoms with Gasteiger partial charge in [-0.25, -0.2) is 0 Å². The highest BCUT2D eigenvalue weighted by molar-refractivity contribution is 9.10. The molecule has 0 spiro atoms. The van der Waals surface area contributed by atoms with Crippen molar-refractivity contribution in [3.63, 3.8) is 0 Å². The van der Waals surface area contributed by atoms with Gasteiger partial charge >= 0.3 is 6.61 Å². The lowest BCUT2D eigenvalue weighted by Gasteiger charge is -2.15. The Morgan fingerprint density at radius 2 is 1.88 bits per heavy atom. The van der Waals surface area contributed by atoms with E-state index in [2.05, 4.69) is 20.7 Å². The van der Waals surface area contributed by atoms with Crippen molar-refractivity contribution in [2.45, 2.75) is 13.2 Å². The zero-order valence-electron chi connectivity index (χ0n) is 14.3. The highest BCUT2D eigenvalue weighted by atomic mass is 79.9. The SMILES string of the molecule is COc1cc(/C=C/C(=O)N(C)Cc2ccc(Br)cc2)ccc1OC(F)F. The minimum absolute atomic E-state index is 0.0571. The van der Waals surface area contributed by atoms with Gasteiger partial charge in [-0.15, -0.1) is 0 Å². The molecule has 0 N–H and O–H groups in total. The molecule has 4 nitrogen and oxygen atoms in total. The van der Waals surface area contributed by atoms with Gasteiger partial charge in [-0.3, -0.25) is 4.79 Å². The molecule has 26 heavy (non-hydrogen) atoms. The maximum atomic E-state index is 12.3. The average Bonchev–Trinajstić information content (AvgIpc) is 2.62. The number of alkyl halides is 2. The molecule has 1 amide bonds. The fourth-order valence-corrected chi connectivity index (χ4v) is 2.48. The van der Waals surface area contributed by atoms with E-state index in [1.807, 2.05) is 24.3 Å². The van der Waals surface area contributed by atoms with E-state index in [4.69, 9.17) is 4.74 Å². The molecule has 0 saturated heterocycles. The van der Waals surface area contributed by atoms with Crippen LogP contribution >= 0.6 is 15.9 Å². The van der Waals surface area contributed by atoms with Crippen LogP contribution in [0.1, 0.15) is 11.1 Å². The Labute approximate surface area is 159 Å². The van der Waals surface area contributed by atoms with E-state index >= 15 is 0 Å². The van der Waals surface area contributed by atoms with Crippen LogP contribution in [0.4, 0.5) is 8.78 Å². The van der Waals surface area contributed by atoms with Crippen molar-refractivity contribution in [3.05, 3.63) is 64.1 Å². The van der Waals surface area contributed by atoms with Crippen molar-refractivity contribution in [2.24, 2.45) is 0 Å². The Balaban J connectivity index is 2.03. The summed E-state index contributed by atoms with van der Waals surface area (Å²) >= 11 is 3.37. The topological polar surface area (TPSA) is 38.8 Å². The van der Waals surface area contributed by atoms with Crippen LogP contribution in [-0.4, -0.2) is 31.6 Å². The van der Waals surface area contributed by atoms with Gasteiger partial charge in [-0.05, 0) is 41.5 Å². The highest BCUT2D eigenvalue weighted by Gasteiger charge is 2.11. The molecule has 0 radical (unpaired) electrons. The third kappa shape index (κ3) is 5.84. The Bertz CT molecular complexity index is 779. The molecule has 0 aliphatic carbocycles. The number of benzene rings is 2. The lowest BCUT2D eigenvalue weighted by molar-refractivity contribution is -0.125. The zero-order chi connectivity index (χ0) is 19.1. The number of rotatable bonds is 7. The zero-order valence-corrected chi connectivity index (χ0v) is 15.9. The number of ether oxygens (including phenoxy) is 2. The molecule has 2 aromatic carbocycles. The van der Waals surface area contributed by atoms with Crippen LogP contribution in [0.15, 0.2) is 53.0 Å². The maximum Gasteiger partial charge on any atom is 0.387 e. The second-order valence-corrected chi connectivity index (χ2v) is 6.36. The monoisotopic (exact) mass is 425 g/mol. The molecule has 0 saturated carbocycles. The predicted molar refractivity (Wildman–Crippen MR) is 99.3 cm³/mol. The first-order valence-electron chi connectivity index (χ1n) is 7.69. The Morgan fingerprint density at radius 3 is 2.50 bits per heavy atom. The van der Waals surface area contributed by atoms with E-state index in [-0.39, 0.29) is 17.4 Å². The fraction of sp³-hybridized carbons (Fsp3) is 0.211. The summed E-state index contributed by atoms with van der Waals surface area (Å²) in [5, 5.41) is 0. The second kappa shape index (κ2) is 9.33. The van der Waals surface area contributed by atoms with Crippen LogP contribution in [-0.2, 0) is 11.3 Å². The summed E-state index contributed by atoms with van der Waals surface area (Å²) in [6.07, 6.45) is 3.01. The van der Waals surface area contributed by atoms with Crippen LogP contribution in [0.3, 0.4) is 0 Å². The molecule has 7 heteroatoms. The number of hydrogen-bond donors (Lipinski definition) is 0. The molecule has 138 valence electrons. The van der Waals surface area contributed by atoms with Gasteiger partial charge in [0.05, 0.1) is 7.11 Å². The molecule has 2 rings (SSSR count). The van der Waals surface area contributed by atoms with Crippen LogP contribution in [0, 0.1) is 0 Å². The van der Waals surface area contributed by atoms with Gasteiger partial charge in [0, 0.05) is 24.1 Å². The van der Waals surface area contributed by atoms with Crippen LogP contribution in [0.2, 0.25) is 0 Å². The average molecular weight is 426 g/mol. The number of hydrogen-bond acceptors (Lipinski definition) is 3. The van der Waals surface area contributed by atoms with Gasteiger partial charge in [-0.2, -0.15) is 8.78 Å². The Hall–Kier alpha value is -2.41.